The molecule has 1 saturated heterocycles. The molecule has 5 rings (SSSR count). The number of aromatic nitrogens is 2. The van der Waals surface area contributed by atoms with E-state index in [2.05, 4.69) is 4.98 Å². The van der Waals surface area contributed by atoms with Crippen molar-refractivity contribution in [2.75, 3.05) is 27.9 Å². The number of nitrogens with one attached hydrogen (secondary N) is 1. The van der Waals surface area contributed by atoms with Gasteiger partial charge in [0, 0.05) is 31.7 Å². The van der Waals surface area contributed by atoms with Gasteiger partial charge in [-0.2, -0.15) is 0 Å². The molecule has 0 saturated carbocycles. The van der Waals surface area contributed by atoms with Crippen LogP contribution < -0.4 is 20.7 Å². The highest BCUT2D eigenvalue weighted by molar-refractivity contribution is 5.51. The lowest BCUT2D eigenvalue weighted by Gasteiger charge is -2.37. The number of hydrogen-bond donors (Lipinski definition) is 1. The number of aldehydes is 1. The smallest absolute Gasteiger partial charge is 0.330 e. The van der Waals surface area contributed by atoms with E-state index in [0.29, 0.717) is 11.5 Å². The Morgan fingerprint density at radius 1 is 0.837 bits per heavy atom. The molecule has 0 spiro atoms. The lowest BCUT2D eigenvalue weighted by molar-refractivity contribution is -0.110. The molecule has 43 heavy (non-hydrogen) atoms. The van der Waals surface area contributed by atoms with Gasteiger partial charge in [-0.1, -0.05) is 54.6 Å². The van der Waals surface area contributed by atoms with Crippen LogP contribution in [0.25, 0.3) is 0 Å². The molecular formula is C33H34N2O8. The average molecular weight is 587 g/mol. The second kappa shape index (κ2) is 13.2. The number of carbonyl (C=O) groups is 1. The second-order valence-electron chi connectivity index (χ2n) is 10.2. The molecule has 10 heteroatoms. The maximum atomic E-state index is 12.7. The van der Waals surface area contributed by atoms with Crippen molar-refractivity contribution < 1.29 is 28.5 Å². The van der Waals surface area contributed by atoms with Crippen LogP contribution in [-0.4, -0.2) is 56.0 Å². The van der Waals surface area contributed by atoms with Crippen LogP contribution in [0.1, 0.15) is 29.3 Å². The van der Waals surface area contributed by atoms with Crippen LogP contribution in [0.4, 0.5) is 0 Å². The summed E-state index contributed by atoms with van der Waals surface area (Å²) in [5.74, 6) is 0.956. The van der Waals surface area contributed by atoms with Crippen LogP contribution in [0.3, 0.4) is 0 Å². The van der Waals surface area contributed by atoms with Crippen molar-refractivity contribution in [1.29, 1.82) is 0 Å². The minimum atomic E-state index is -1.11. The molecule has 1 aliphatic heterocycles. The van der Waals surface area contributed by atoms with Gasteiger partial charge in [-0.15, -0.1) is 0 Å². The standard InChI is InChI=1S/C33H34N2O8/c1-39-25-13-9-23(10-14-25)33(22-7-5-4-6-8-22,24-11-15-26(40-2)16-12-24)42-21-28-27(18-20-36)30(41-3)31(43-28)35-19-17-29(37)34-32(35)38/h4-17,19-20,27-28,30-31H,18,21H2,1-3H3,(H,34,37,38)/t27-,28-,30-,31-/m1/s1. The first-order valence-electron chi connectivity index (χ1n) is 13.9. The number of hydrogen-bond acceptors (Lipinski definition) is 8. The lowest BCUT2D eigenvalue weighted by atomic mass is 9.80. The lowest BCUT2D eigenvalue weighted by Crippen LogP contribution is -2.38. The van der Waals surface area contributed by atoms with Crippen molar-refractivity contribution >= 4 is 6.29 Å². The fraction of sp³-hybridized carbons (Fsp3) is 0.303. The van der Waals surface area contributed by atoms with Crippen molar-refractivity contribution in [3.05, 3.63) is 129 Å². The Morgan fingerprint density at radius 3 is 1.93 bits per heavy atom. The average Bonchev–Trinajstić information content (AvgIpc) is 3.39. The van der Waals surface area contributed by atoms with Gasteiger partial charge in [-0.25, -0.2) is 4.79 Å². The van der Waals surface area contributed by atoms with E-state index in [4.69, 9.17) is 23.7 Å². The van der Waals surface area contributed by atoms with Crippen molar-refractivity contribution in [3.63, 3.8) is 0 Å². The summed E-state index contributed by atoms with van der Waals surface area (Å²) in [6.45, 7) is 0.0416. The quantitative estimate of drug-likeness (QED) is 0.197. The Hall–Kier alpha value is -4.51. The van der Waals surface area contributed by atoms with Gasteiger partial charge in [0.15, 0.2) is 6.23 Å². The Labute approximate surface area is 248 Å². The van der Waals surface area contributed by atoms with Crippen LogP contribution in [-0.2, 0) is 24.6 Å². The zero-order chi connectivity index (χ0) is 30.4. The Kier molecular flexibility index (Phi) is 9.20. The maximum Gasteiger partial charge on any atom is 0.330 e. The van der Waals surface area contributed by atoms with Gasteiger partial charge in [0.25, 0.3) is 5.56 Å². The van der Waals surface area contributed by atoms with E-state index in [9.17, 15) is 14.4 Å². The number of nitrogens with zero attached hydrogens (tertiary/aromatic N) is 1. The number of H-pyrrole nitrogens is 1. The monoisotopic (exact) mass is 586 g/mol. The van der Waals surface area contributed by atoms with Gasteiger partial charge in [0.1, 0.15) is 29.5 Å². The fourth-order valence-electron chi connectivity index (χ4n) is 5.76. The molecule has 0 aliphatic carbocycles. The third-order valence-electron chi connectivity index (χ3n) is 7.90. The second-order valence-corrected chi connectivity index (χ2v) is 10.2. The van der Waals surface area contributed by atoms with Crippen LogP contribution >= 0.6 is 0 Å². The van der Waals surface area contributed by atoms with Crippen LogP contribution in [0.15, 0.2) is 101 Å². The fourth-order valence-corrected chi connectivity index (χ4v) is 5.76. The summed E-state index contributed by atoms with van der Waals surface area (Å²) in [5, 5.41) is 0. The first-order valence-corrected chi connectivity index (χ1v) is 13.9. The van der Waals surface area contributed by atoms with Gasteiger partial charge in [0.2, 0.25) is 0 Å². The molecule has 0 unspecified atom stereocenters. The number of aromatic amines is 1. The molecule has 1 aromatic heterocycles. The molecule has 1 N–H and O–H groups in total. The van der Waals surface area contributed by atoms with Crippen molar-refractivity contribution in [2.45, 2.75) is 30.5 Å². The van der Waals surface area contributed by atoms with Crippen molar-refractivity contribution in [2.24, 2.45) is 5.92 Å². The van der Waals surface area contributed by atoms with Gasteiger partial charge in [0.05, 0.1) is 26.9 Å². The summed E-state index contributed by atoms with van der Waals surface area (Å²) in [4.78, 5) is 38.5. The normalized spacial score (nSPS) is 20.1. The first kappa shape index (κ1) is 30.0. The van der Waals surface area contributed by atoms with E-state index in [-0.39, 0.29) is 13.0 Å². The third kappa shape index (κ3) is 5.90. The number of ether oxygens (including phenoxy) is 5. The molecule has 1 fully saturated rings. The molecule has 2 heterocycles. The molecule has 0 bridgehead atoms. The highest BCUT2D eigenvalue weighted by Crippen LogP contribution is 2.44. The van der Waals surface area contributed by atoms with Crippen molar-refractivity contribution in [3.8, 4) is 11.5 Å². The van der Waals surface area contributed by atoms with E-state index < -0.39 is 41.2 Å². The van der Waals surface area contributed by atoms with Crippen molar-refractivity contribution in [1.82, 2.24) is 9.55 Å². The maximum absolute atomic E-state index is 12.7. The topological polar surface area (TPSA) is 118 Å². The first-order chi connectivity index (χ1) is 20.9. The Balaban J connectivity index is 1.60. The van der Waals surface area contributed by atoms with Gasteiger partial charge in [-0.3, -0.25) is 14.3 Å². The number of rotatable bonds is 12. The summed E-state index contributed by atoms with van der Waals surface area (Å²) in [5.41, 5.74) is 0.277. The number of methoxy groups -OCH3 is 3. The minimum absolute atomic E-state index is 0.0416. The zero-order valence-electron chi connectivity index (χ0n) is 24.2. The van der Waals surface area contributed by atoms with E-state index in [1.165, 1.54) is 23.9 Å². The Morgan fingerprint density at radius 2 is 1.42 bits per heavy atom. The largest absolute Gasteiger partial charge is 0.497 e. The number of carbonyl (C=O) groups excluding carboxylic acids is 1. The summed E-state index contributed by atoms with van der Waals surface area (Å²) in [6.07, 6.45) is 0.102. The molecule has 3 aromatic carbocycles. The third-order valence-corrected chi connectivity index (χ3v) is 7.90. The molecule has 4 atom stereocenters. The number of benzene rings is 3. The summed E-state index contributed by atoms with van der Waals surface area (Å²) in [6, 6.07) is 26.4. The zero-order valence-corrected chi connectivity index (χ0v) is 24.2. The van der Waals surface area contributed by atoms with E-state index >= 15 is 0 Å². The van der Waals surface area contributed by atoms with Gasteiger partial charge < -0.3 is 28.5 Å². The van der Waals surface area contributed by atoms with Crippen LogP contribution in [0.5, 0.6) is 11.5 Å². The molecule has 0 amide bonds. The van der Waals surface area contributed by atoms with Crippen LogP contribution in [0, 0.1) is 5.92 Å². The predicted octanol–water partition coefficient (Wildman–Crippen LogP) is 3.68. The minimum Gasteiger partial charge on any atom is -0.497 e. The molecule has 4 aromatic rings. The molecule has 0 radical (unpaired) electrons. The Bertz CT molecular complexity index is 1570. The highest BCUT2D eigenvalue weighted by atomic mass is 16.6. The summed E-state index contributed by atoms with van der Waals surface area (Å²) >= 11 is 0. The van der Waals surface area contributed by atoms with E-state index in [0.717, 1.165) is 23.0 Å². The van der Waals surface area contributed by atoms with Crippen LogP contribution in [0.2, 0.25) is 0 Å². The molecule has 1 aliphatic rings. The molecule has 224 valence electrons. The SMILES string of the molecule is COc1ccc(C(OC[C@H]2O[C@@H](n3ccc(=O)[nH]c3=O)[C@H](OC)[C@@H]2CC=O)(c2ccccc2)c2ccc(OC)cc2)cc1. The van der Waals surface area contributed by atoms with Gasteiger partial charge >= 0.3 is 5.69 Å². The van der Waals surface area contributed by atoms with E-state index in [1.807, 2.05) is 78.9 Å². The summed E-state index contributed by atoms with van der Waals surface area (Å²) in [7, 11) is 4.72. The molecular weight excluding hydrogens is 552 g/mol. The van der Waals surface area contributed by atoms with E-state index in [1.54, 1.807) is 14.2 Å². The van der Waals surface area contributed by atoms with Gasteiger partial charge in [-0.05, 0) is 41.0 Å². The summed E-state index contributed by atoms with van der Waals surface area (Å²) < 4.78 is 31.3. The molecule has 10 nitrogen and oxygen atoms in total. The highest BCUT2D eigenvalue weighted by Gasteiger charge is 2.48. The predicted molar refractivity (Wildman–Crippen MR) is 158 cm³/mol.